The number of carbonyl (C=O) groups is 1. The molecule has 0 atom stereocenters. The maximum Gasteiger partial charge on any atom is 0.315 e. The molecule has 86 valence electrons. The van der Waals surface area contributed by atoms with Crippen molar-refractivity contribution in [3.8, 4) is 0 Å². The van der Waals surface area contributed by atoms with Gasteiger partial charge in [-0.25, -0.2) is 0 Å². The van der Waals surface area contributed by atoms with Crippen molar-refractivity contribution in [3.05, 3.63) is 30.1 Å². The number of nitrogens with zero attached hydrogens (tertiary/aromatic N) is 2. The van der Waals surface area contributed by atoms with Gasteiger partial charge >= 0.3 is 5.97 Å². The average molecular weight is 220 g/mol. The summed E-state index contributed by atoms with van der Waals surface area (Å²) in [6.07, 6.45) is 2.93. The summed E-state index contributed by atoms with van der Waals surface area (Å²) in [6, 6.07) is 5.48. The molecule has 1 saturated heterocycles. The fourth-order valence-corrected chi connectivity index (χ4v) is 2.23. The molecule has 4 heteroatoms. The van der Waals surface area contributed by atoms with E-state index >= 15 is 0 Å². The van der Waals surface area contributed by atoms with Crippen LogP contribution in [0.3, 0.4) is 0 Å². The molecule has 2 heterocycles. The number of hydrogen-bond acceptors (Lipinski definition) is 3. The van der Waals surface area contributed by atoms with Crippen LogP contribution in [0.5, 0.6) is 0 Å². The SMILES string of the molecule is CN1CCC(C(=O)O)(c2ccccn2)CC1. The van der Waals surface area contributed by atoms with Crippen molar-refractivity contribution in [2.24, 2.45) is 0 Å². The normalized spacial score (nSPS) is 20.6. The van der Waals surface area contributed by atoms with Gasteiger partial charge in [0, 0.05) is 6.20 Å². The molecule has 1 aromatic heterocycles. The predicted molar refractivity (Wildman–Crippen MR) is 60.3 cm³/mol. The van der Waals surface area contributed by atoms with Crippen molar-refractivity contribution in [2.45, 2.75) is 18.3 Å². The molecular weight excluding hydrogens is 204 g/mol. The number of carboxylic acid groups (broad SMARTS) is 1. The van der Waals surface area contributed by atoms with E-state index in [1.165, 1.54) is 0 Å². The molecule has 1 N–H and O–H groups in total. The number of piperidine rings is 1. The Kier molecular flexibility index (Phi) is 2.92. The van der Waals surface area contributed by atoms with Gasteiger partial charge in [-0.1, -0.05) is 6.07 Å². The molecule has 0 aliphatic carbocycles. The highest BCUT2D eigenvalue weighted by molar-refractivity contribution is 5.80. The molecule has 16 heavy (non-hydrogen) atoms. The minimum absolute atomic E-state index is 0.635. The fourth-order valence-electron chi connectivity index (χ4n) is 2.23. The van der Waals surface area contributed by atoms with Gasteiger partial charge in [-0.3, -0.25) is 9.78 Å². The first-order valence-corrected chi connectivity index (χ1v) is 5.48. The van der Waals surface area contributed by atoms with E-state index in [1.807, 2.05) is 25.2 Å². The van der Waals surface area contributed by atoms with Gasteiger partial charge in [0.15, 0.2) is 0 Å². The highest BCUT2D eigenvalue weighted by Crippen LogP contribution is 2.34. The second kappa shape index (κ2) is 4.22. The van der Waals surface area contributed by atoms with Crippen molar-refractivity contribution >= 4 is 5.97 Å². The molecule has 1 aliphatic rings. The van der Waals surface area contributed by atoms with Crippen LogP contribution < -0.4 is 0 Å². The topological polar surface area (TPSA) is 53.4 Å². The quantitative estimate of drug-likeness (QED) is 0.811. The van der Waals surface area contributed by atoms with Gasteiger partial charge in [-0.05, 0) is 45.1 Å². The fraction of sp³-hybridized carbons (Fsp3) is 0.500. The average Bonchev–Trinajstić information content (AvgIpc) is 2.31. The molecule has 0 amide bonds. The zero-order chi connectivity index (χ0) is 11.6. The molecule has 0 spiro atoms. The van der Waals surface area contributed by atoms with E-state index in [9.17, 15) is 9.90 Å². The Morgan fingerprint density at radius 2 is 2.12 bits per heavy atom. The summed E-state index contributed by atoms with van der Waals surface area (Å²) in [7, 11) is 2.02. The molecule has 1 aliphatic heterocycles. The second-order valence-electron chi connectivity index (χ2n) is 4.41. The van der Waals surface area contributed by atoms with Crippen molar-refractivity contribution in [1.29, 1.82) is 0 Å². The van der Waals surface area contributed by atoms with E-state index in [-0.39, 0.29) is 0 Å². The van der Waals surface area contributed by atoms with E-state index in [0.29, 0.717) is 18.5 Å². The van der Waals surface area contributed by atoms with E-state index in [0.717, 1.165) is 13.1 Å². The first kappa shape index (κ1) is 11.1. The van der Waals surface area contributed by atoms with Crippen molar-refractivity contribution in [3.63, 3.8) is 0 Å². The third-order valence-corrected chi connectivity index (χ3v) is 3.41. The smallest absolute Gasteiger partial charge is 0.315 e. The number of rotatable bonds is 2. The lowest BCUT2D eigenvalue weighted by molar-refractivity contribution is -0.146. The molecule has 0 bridgehead atoms. The largest absolute Gasteiger partial charge is 0.481 e. The molecule has 4 nitrogen and oxygen atoms in total. The summed E-state index contributed by atoms with van der Waals surface area (Å²) in [5.74, 6) is -0.751. The van der Waals surface area contributed by atoms with E-state index in [1.54, 1.807) is 6.20 Å². The van der Waals surface area contributed by atoms with Crippen LogP contribution in [0.15, 0.2) is 24.4 Å². The Labute approximate surface area is 94.9 Å². The molecular formula is C12H16N2O2. The summed E-state index contributed by atoms with van der Waals surface area (Å²) in [5, 5.41) is 9.47. The second-order valence-corrected chi connectivity index (χ2v) is 4.41. The summed E-state index contributed by atoms with van der Waals surface area (Å²) in [5.41, 5.74) is -0.0936. The van der Waals surface area contributed by atoms with Gasteiger partial charge in [-0.15, -0.1) is 0 Å². The summed E-state index contributed by atoms with van der Waals surface area (Å²) in [4.78, 5) is 17.9. The van der Waals surface area contributed by atoms with E-state index < -0.39 is 11.4 Å². The Balaban J connectivity index is 2.34. The number of aromatic nitrogens is 1. The van der Waals surface area contributed by atoms with Crippen LogP contribution in [-0.4, -0.2) is 41.1 Å². The van der Waals surface area contributed by atoms with Crippen LogP contribution in [0.4, 0.5) is 0 Å². The molecule has 0 unspecified atom stereocenters. The molecule has 2 rings (SSSR count). The summed E-state index contributed by atoms with van der Waals surface area (Å²) < 4.78 is 0. The van der Waals surface area contributed by atoms with Gasteiger partial charge < -0.3 is 10.0 Å². The van der Waals surface area contributed by atoms with Gasteiger partial charge in [-0.2, -0.15) is 0 Å². The third-order valence-electron chi connectivity index (χ3n) is 3.41. The van der Waals surface area contributed by atoms with Gasteiger partial charge in [0.2, 0.25) is 0 Å². The van der Waals surface area contributed by atoms with Crippen molar-refractivity contribution < 1.29 is 9.90 Å². The number of aliphatic carboxylic acids is 1. The third kappa shape index (κ3) is 1.80. The van der Waals surface area contributed by atoms with Crippen LogP contribution in [0.1, 0.15) is 18.5 Å². The monoisotopic (exact) mass is 220 g/mol. The molecule has 0 saturated carbocycles. The number of likely N-dealkylation sites (tertiary alicyclic amines) is 1. The van der Waals surface area contributed by atoms with Gasteiger partial charge in [0.25, 0.3) is 0 Å². The first-order valence-electron chi connectivity index (χ1n) is 5.48. The number of hydrogen-bond donors (Lipinski definition) is 1. The lowest BCUT2D eigenvalue weighted by atomic mass is 9.75. The maximum atomic E-state index is 11.5. The minimum Gasteiger partial charge on any atom is -0.481 e. The highest BCUT2D eigenvalue weighted by atomic mass is 16.4. The minimum atomic E-state index is -0.784. The van der Waals surface area contributed by atoms with Crippen LogP contribution in [-0.2, 0) is 10.2 Å². The van der Waals surface area contributed by atoms with Gasteiger partial charge in [0.1, 0.15) is 5.41 Å². The summed E-state index contributed by atoms with van der Waals surface area (Å²) >= 11 is 0. The zero-order valence-electron chi connectivity index (χ0n) is 9.39. The van der Waals surface area contributed by atoms with E-state index in [4.69, 9.17) is 0 Å². The van der Waals surface area contributed by atoms with E-state index in [2.05, 4.69) is 9.88 Å². The molecule has 0 aromatic carbocycles. The zero-order valence-corrected chi connectivity index (χ0v) is 9.39. The summed E-state index contributed by atoms with van der Waals surface area (Å²) in [6.45, 7) is 1.62. The van der Waals surface area contributed by atoms with Crippen LogP contribution in [0, 0.1) is 0 Å². The lowest BCUT2D eigenvalue weighted by Crippen LogP contribution is -2.46. The van der Waals surface area contributed by atoms with Crippen molar-refractivity contribution in [2.75, 3.05) is 20.1 Å². The van der Waals surface area contributed by atoms with Crippen LogP contribution in [0.2, 0.25) is 0 Å². The molecule has 1 aromatic rings. The first-order chi connectivity index (χ1) is 7.65. The molecule has 0 radical (unpaired) electrons. The standard InChI is InChI=1S/C12H16N2O2/c1-14-8-5-12(6-9-14,11(15)16)10-4-2-3-7-13-10/h2-4,7H,5-6,8-9H2,1H3,(H,15,16). The maximum absolute atomic E-state index is 11.5. The Bertz CT molecular complexity index is 370. The Morgan fingerprint density at radius 3 is 2.62 bits per heavy atom. The predicted octanol–water partition coefficient (Wildman–Crippen LogP) is 1.13. The van der Waals surface area contributed by atoms with Gasteiger partial charge in [0.05, 0.1) is 5.69 Å². The lowest BCUT2D eigenvalue weighted by Gasteiger charge is -2.36. The van der Waals surface area contributed by atoms with Crippen LogP contribution in [0.25, 0.3) is 0 Å². The van der Waals surface area contributed by atoms with Crippen LogP contribution >= 0.6 is 0 Å². The van der Waals surface area contributed by atoms with Crippen molar-refractivity contribution in [1.82, 2.24) is 9.88 Å². The Hall–Kier alpha value is -1.42. The Morgan fingerprint density at radius 1 is 1.44 bits per heavy atom. The highest BCUT2D eigenvalue weighted by Gasteiger charge is 2.43. The number of carboxylic acids is 1. The number of pyridine rings is 1. The molecule has 1 fully saturated rings.